The zero-order valence-corrected chi connectivity index (χ0v) is 16.4. The summed E-state index contributed by atoms with van der Waals surface area (Å²) in [5.74, 6) is 2.25. The molecule has 5 rings (SSSR count). The van der Waals surface area contributed by atoms with Crippen LogP contribution in [0.25, 0.3) is 11.4 Å². The van der Waals surface area contributed by atoms with Crippen LogP contribution in [0.15, 0.2) is 12.3 Å². The van der Waals surface area contributed by atoms with Gasteiger partial charge in [0.15, 0.2) is 0 Å². The van der Waals surface area contributed by atoms with Crippen LogP contribution in [0.2, 0.25) is 5.02 Å². The number of piperidine rings is 1. The number of fused-ring (bicyclic) bond motifs is 1. The molecule has 0 spiro atoms. The van der Waals surface area contributed by atoms with Gasteiger partial charge in [-0.3, -0.25) is 0 Å². The van der Waals surface area contributed by atoms with Crippen molar-refractivity contribution in [3.8, 4) is 17.1 Å². The first-order chi connectivity index (χ1) is 13.2. The summed E-state index contributed by atoms with van der Waals surface area (Å²) in [4.78, 5) is 10.9. The van der Waals surface area contributed by atoms with Crippen molar-refractivity contribution in [2.45, 2.75) is 56.9 Å². The smallest absolute Gasteiger partial charge is 0.141 e. The van der Waals surface area contributed by atoms with E-state index in [0.29, 0.717) is 23.2 Å². The summed E-state index contributed by atoms with van der Waals surface area (Å²) in [6.07, 6.45) is 10.5. The first-order valence-corrected chi connectivity index (χ1v) is 10.6. The fraction of sp³-hybridized carbons (Fsp3) is 0.571. The molecule has 0 bridgehead atoms. The standard InChI is InChI=1S/C21H27ClN4O/c22-17-11-16(20-15(19(17)23)5-2-10-27-20)21-24-12-18(25-21)13-6-8-26(9-7-13)14-3-1-4-14/h11-14H,1-10,23H2,(H,24,25). The molecule has 0 atom stereocenters. The van der Waals surface area contributed by atoms with Gasteiger partial charge in [0, 0.05) is 29.4 Å². The Hall–Kier alpha value is -1.72. The molecule has 1 saturated heterocycles. The van der Waals surface area contributed by atoms with Crippen LogP contribution in [0.3, 0.4) is 0 Å². The number of aromatic nitrogens is 2. The molecule has 2 aliphatic heterocycles. The number of hydrogen-bond donors (Lipinski definition) is 2. The fourth-order valence-corrected chi connectivity index (χ4v) is 4.94. The van der Waals surface area contributed by atoms with Crippen LogP contribution >= 0.6 is 11.6 Å². The van der Waals surface area contributed by atoms with Gasteiger partial charge in [0.05, 0.1) is 22.9 Å². The Morgan fingerprint density at radius 2 is 2.00 bits per heavy atom. The van der Waals surface area contributed by atoms with Gasteiger partial charge in [-0.15, -0.1) is 0 Å². The third kappa shape index (κ3) is 3.11. The summed E-state index contributed by atoms with van der Waals surface area (Å²) in [6.45, 7) is 3.13. The molecule has 1 aromatic carbocycles. The summed E-state index contributed by atoms with van der Waals surface area (Å²) in [7, 11) is 0. The number of nitrogen functional groups attached to an aromatic ring is 1. The molecule has 1 aliphatic carbocycles. The van der Waals surface area contributed by atoms with Gasteiger partial charge in [-0.2, -0.15) is 0 Å². The Morgan fingerprint density at radius 3 is 2.74 bits per heavy atom. The first-order valence-electron chi connectivity index (χ1n) is 10.2. The predicted molar refractivity (Wildman–Crippen MR) is 108 cm³/mol. The second-order valence-electron chi connectivity index (χ2n) is 8.16. The molecular formula is C21H27ClN4O. The number of likely N-dealkylation sites (tertiary alicyclic amines) is 1. The van der Waals surface area contributed by atoms with Crippen LogP contribution in [0.1, 0.15) is 55.7 Å². The molecule has 2 fully saturated rings. The van der Waals surface area contributed by atoms with Gasteiger partial charge in [0.2, 0.25) is 0 Å². The van der Waals surface area contributed by atoms with Crippen LogP contribution in [-0.4, -0.2) is 40.6 Å². The highest BCUT2D eigenvalue weighted by Crippen LogP contribution is 2.42. The van der Waals surface area contributed by atoms with E-state index in [1.165, 1.54) is 50.9 Å². The maximum Gasteiger partial charge on any atom is 0.141 e. The van der Waals surface area contributed by atoms with Gasteiger partial charge in [0.25, 0.3) is 0 Å². The SMILES string of the molecule is Nc1c(Cl)cc(-c2ncc(C3CCN(C4CCC4)CC3)[nH]2)c2c1CCCO2. The van der Waals surface area contributed by atoms with E-state index >= 15 is 0 Å². The first kappa shape index (κ1) is 17.4. The molecule has 6 heteroatoms. The Balaban J connectivity index is 1.38. The lowest BCUT2D eigenvalue weighted by Crippen LogP contribution is -2.44. The molecule has 144 valence electrons. The van der Waals surface area contributed by atoms with E-state index in [0.717, 1.165) is 41.6 Å². The minimum atomic E-state index is 0.559. The maximum absolute atomic E-state index is 6.39. The number of rotatable bonds is 3. The number of hydrogen-bond acceptors (Lipinski definition) is 4. The number of nitrogens with two attached hydrogens (primary N) is 1. The average Bonchev–Trinajstić information content (AvgIpc) is 3.14. The third-order valence-corrected chi connectivity index (χ3v) is 6.91. The number of ether oxygens (including phenoxy) is 1. The highest BCUT2D eigenvalue weighted by molar-refractivity contribution is 6.33. The van der Waals surface area contributed by atoms with E-state index in [1.54, 1.807) is 0 Å². The number of benzene rings is 1. The van der Waals surface area contributed by atoms with E-state index in [9.17, 15) is 0 Å². The third-order valence-electron chi connectivity index (χ3n) is 6.60. The Morgan fingerprint density at radius 1 is 1.19 bits per heavy atom. The molecule has 0 amide bonds. The minimum absolute atomic E-state index is 0.559. The van der Waals surface area contributed by atoms with E-state index in [1.807, 2.05) is 12.3 Å². The largest absolute Gasteiger partial charge is 0.492 e. The van der Waals surface area contributed by atoms with Crippen LogP contribution in [-0.2, 0) is 6.42 Å². The van der Waals surface area contributed by atoms with Gasteiger partial charge >= 0.3 is 0 Å². The molecule has 2 aromatic rings. The fourth-order valence-electron chi connectivity index (χ4n) is 4.72. The molecule has 3 aliphatic rings. The Bertz CT molecular complexity index is 837. The van der Waals surface area contributed by atoms with Gasteiger partial charge in [-0.25, -0.2) is 4.98 Å². The molecule has 0 unspecified atom stereocenters. The summed E-state index contributed by atoms with van der Waals surface area (Å²) in [6, 6.07) is 2.74. The van der Waals surface area contributed by atoms with Crippen LogP contribution in [0.4, 0.5) is 5.69 Å². The Kier molecular flexibility index (Phi) is 4.52. The van der Waals surface area contributed by atoms with E-state index in [-0.39, 0.29) is 0 Å². The lowest BCUT2D eigenvalue weighted by molar-refractivity contribution is 0.0970. The van der Waals surface area contributed by atoms with Crippen LogP contribution < -0.4 is 10.5 Å². The summed E-state index contributed by atoms with van der Waals surface area (Å²) in [5, 5.41) is 0.584. The average molecular weight is 387 g/mol. The zero-order chi connectivity index (χ0) is 18.4. The summed E-state index contributed by atoms with van der Waals surface area (Å²) < 4.78 is 5.95. The van der Waals surface area contributed by atoms with Crippen molar-refractivity contribution in [3.63, 3.8) is 0 Å². The lowest BCUT2D eigenvalue weighted by atomic mass is 9.87. The predicted octanol–water partition coefficient (Wildman–Crippen LogP) is 4.37. The van der Waals surface area contributed by atoms with E-state index in [4.69, 9.17) is 22.1 Å². The zero-order valence-electron chi connectivity index (χ0n) is 15.6. The number of anilines is 1. The number of imidazole rings is 1. The summed E-state index contributed by atoms with van der Waals surface area (Å²) in [5.41, 5.74) is 10.0. The van der Waals surface area contributed by atoms with Crippen LogP contribution in [0, 0.1) is 0 Å². The number of nitrogens with zero attached hydrogens (tertiary/aromatic N) is 2. The van der Waals surface area contributed by atoms with Crippen molar-refractivity contribution >= 4 is 17.3 Å². The van der Waals surface area contributed by atoms with Gasteiger partial charge < -0.3 is 20.4 Å². The maximum atomic E-state index is 6.39. The van der Waals surface area contributed by atoms with Crippen molar-refractivity contribution < 1.29 is 4.74 Å². The normalized spacial score (nSPS) is 21.5. The van der Waals surface area contributed by atoms with E-state index < -0.39 is 0 Å². The topological polar surface area (TPSA) is 67.2 Å². The molecular weight excluding hydrogens is 360 g/mol. The summed E-state index contributed by atoms with van der Waals surface area (Å²) >= 11 is 6.39. The lowest BCUT2D eigenvalue weighted by Gasteiger charge is -2.41. The van der Waals surface area contributed by atoms with Crippen molar-refractivity contribution in [1.82, 2.24) is 14.9 Å². The monoisotopic (exact) mass is 386 g/mol. The molecule has 0 radical (unpaired) electrons. The number of H-pyrrole nitrogens is 1. The molecule has 27 heavy (non-hydrogen) atoms. The number of halogens is 1. The van der Waals surface area contributed by atoms with E-state index in [2.05, 4.69) is 14.9 Å². The molecule has 1 saturated carbocycles. The van der Waals surface area contributed by atoms with Crippen molar-refractivity contribution in [1.29, 1.82) is 0 Å². The number of nitrogens with one attached hydrogen (secondary N) is 1. The van der Waals surface area contributed by atoms with Crippen molar-refractivity contribution in [2.24, 2.45) is 0 Å². The van der Waals surface area contributed by atoms with Crippen LogP contribution in [0.5, 0.6) is 5.75 Å². The van der Waals surface area contributed by atoms with Gasteiger partial charge in [-0.05, 0) is 57.7 Å². The van der Waals surface area contributed by atoms with Crippen molar-refractivity contribution in [3.05, 3.63) is 28.5 Å². The molecule has 1 aromatic heterocycles. The van der Waals surface area contributed by atoms with Crippen molar-refractivity contribution in [2.75, 3.05) is 25.4 Å². The number of aromatic amines is 1. The van der Waals surface area contributed by atoms with Gasteiger partial charge in [0.1, 0.15) is 11.6 Å². The quantitative estimate of drug-likeness (QED) is 0.768. The highest BCUT2D eigenvalue weighted by Gasteiger charge is 2.30. The second-order valence-corrected chi connectivity index (χ2v) is 8.57. The molecule has 5 nitrogen and oxygen atoms in total. The molecule has 3 N–H and O–H groups in total. The second kappa shape index (κ2) is 7.02. The minimum Gasteiger partial charge on any atom is -0.492 e. The molecule has 3 heterocycles. The van der Waals surface area contributed by atoms with Gasteiger partial charge in [-0.1, -0.05) is 18.0 Å². The highest BCUT2D eigenvalue weighted by atomic mass is 35.5. The Labute approximate surface area is 165 Å².